The third-order valence-electron chi connectivity index (χ3n) is 3.24. The third-order valence-corrected chi connectivity index (χ3v) is 3.24. The molecule has 0 fully saturated rings. The summed E-state index contributed by atoms with van der Waals surface area (Å²) in [6.07, 6.45) is 4.35. The van der Waals surface area contributed by atoms with E-state index in [0.717, 1.165) is 31.4 Å². The first-order chi connectivity index (χ1) is 10.7. The van der Waals surface area contributed by atoms with Gasteiger partial charge in [0.1, 0.15) is 5.75 Å². The molecule has 0 saturated heterocycles. The van der Waals surface area contributed by atoms with Gasteiger partial charge in [-0.3, -0.25) is 9.59 Å². The lowest BCUT2D eigenvalue weighted by atomic mass is 10.0. The van der Waals surface area contributed by atoms with Gasteiger partial charge in [0.25, 0.3) is 0 Å². The minimum absolute atomic E-state index is 0.137. The van der Waals surface area contributed by atoms with Crippen molar-refractivity contribution in [1.29, 1.82) is 0 Å². The molecule has 0 N–H and O–H groups in total. The second kappa shape index (κ2) is 10.8. The van der Waals surface area contributed by atoms with Gasteiger partial charge in [0, 0.05) is 18.4 Å². The van der Waals surface area contributed by atoms with Crippen LogP contribution in [-0.2, 0) is 9.53 Å². The fourth-order valence-electron chi connectivity index (χ4n) is 2.07. The standard InChI is InChI=1S/C18H26O4/c1-3-14-22-16-12-10-15(11-13-16)17(19)8-6-5-7-9-18(20)21-4-2/h10-13H,3-9,14H2,1-2H3. The van der Waals surface area contributed by atoms with E-state index in [-0.39, 0.29) is 11.8 Å². The van der Waals surface area contributed by atoms with Gasteiger partial charge in [0.2, 0.25) is 0 Å². The van der Waals surface area contributed by atoms with Crippen molar-refractivity contribution in [2.75, 3.05) is 13.2 Å². The highest BCUT2D eigenvalue weighted by molar-refractivity contribution is 5.96. The van der Waals surface area contributed by atoms with Crippen molar-refractivity contribution in [3.8, 4) is 5.75 Å². The summed E-state index contributed by atoms with van der Waals surface area (Å²) in [5, 5.41) is 0. The molecule has 0 aliphatic carbocycles. The van der Waals surface area contributed by atoms with E-state index in [1.807, 2.05) is 24.3 Å². The third kappa shape index (κ3) is 7.25. The van der Waals surface area contributed by atoms with Crippen LogP contribution in [0.2, 0.25) is 0 Å². The summed E-state index contributed by atoms with van der Waals surface area (Å²) in [6, 6.07) is 7.30. The molecule has 4 nitrogen and oxygen atoms in total. The molecule has 0 spiro atoms. The van der Waals surface area contributed by atoms with Crippen LogP contribution in [0.5, 0.6) is 5.75 Å². The Kier molecular flexibility index (Phi) is 8.96. The number of Topliss-reactive ketones (excluding diaryl/α,β-unsaturated/α-hetero) is 1. The molecule has 4 heteroatoms. The molecule has 0 saturated carbocycles. The van der Waals surface area contributed by atoms with E-state index in [1.165, 1.54) is 0 Å². The van der Waals surface area contributed by atoms with Crippen molar-refractivity contribution < 1.29 is 19.1 Å². The Bertz CT molecular complexity index is 451. The van der Waals surface area contributed by atoms with Gasteiger partial charge in [0.05, 0.1) is 13.2 Å². The van der Waals surface area contributed by atoms with Crippen LogP contribution in [0.1, 0.15) is 62.7 Å². The van der Waals surface area contributed by atoms with Crippen molar-refractivity contribution in [3.63, 3.8) is 0 Å². The number of rotatable bonds is 11. The average molecular weight is 306 g/mol. The molecule has 0 aromatic heterocycles. The first kappa shape index (κ1) is 18.2. The van der Waals surface area contributed by atoms with E-state index >= 15 is 0 Å². The summed E-state index contributed by atoms with van der Waals surface area (Å²) in [6.45, 7) is 4.97. The molecule has 22 heavy (non-hydrogen) atoms. The van der Waals surface area contributed by atoms with E-state index < -0.39 is 0 Å². The maximum Gasteiger partial charge on any atom is 0.305 e. The number of ketones is 1. The van der Waals surface area contributed by atoms with Crippen LogP contribution in [0.25, 0.3) is 0 Å². The number of benzene rings is 1. The number of hydrogen-bond acceptors (Lipinski definition) is 4. The number of carbonyl (C=O) groups is 2. The Morgan fingerprint density at radius 3 is 2.27 bits per heavy atom. The van der Waals surface area contributed by atoms with Crippen molar-refractivity contribution in [1.82, 2.24) is 0 Å². The molecule has 0 atom stereocenters. The smallest absolute Gasteiger partial charge is 0.305 e. The van der Waals surface area contributed by atoms with Gasteiger partial charge in [0.15, 0.2) is 5.78 Å². The second-order valence-corrected chi connectivity index (χ2v) is 5.16. The SMILES string of the molecule is CCCOc1ccc(C(=O)CCCCCC(=O)OCC)cc1. The zero-order valence-corrected chi connectivity index (χ0v) is 13.6. The molecule has 0 amide bonds. The number of unbranched alkanes of at least 4 members (excludes halogenated alkanes) is 2. The Labute approximate surface area is 132 Å². The van der Waals surface area contributed by atoms with Crippen LogP contribution in [0.4, 0.5) is 0 Å². The zero-order chi connectivity index (χ0) is 16.2. The van der Waals surface area contributed by atoms with E-state index in [9.17, 15) is 9.59 Å². The molecule has 1 rings (SSSR count). The van der Waals surface area contributed by atoms with Crippen LogP contribution >= 0.6 is 0 Å². The Morgan fingerprint density at radius 2 is 1.64 bits per heavy atom. The molecule has 1 aromatic rings. The molecular formula is C18H26O4. The van der Waals surface area contributed by atoms with Crippen molar-refractivity contribution in [2.24, 2.45) is 0 Å². The lowest BCUT2D eigenvalue weighted by Gasteiger charge is -2.06. The second-order valence-electron chi connectivity index (χ2n) is 5.16. The maximum absolute atomic E-state index is 12.0. The fourth-order valence-corrected chi connectivity index (χ4v) is 2.07. The first-order valence-corrected chi connectivity index (χ1v) is 8.09. The number of esters is 1. The fraction of sp³-hybridized carbons (Fsp3) is 0.556. The number of ether oxygens (including phenoxy) is 2. The minimum atomic E-state index is -0.156. The summed E-state index contributed by atoms with van der Waals surface area (Å²) < 4.78 is 10.4. The van der Waals surface area contributed by atoms with Crippen LogP contribution in [0, 0.1) is 0 Å². The molecule has 0 bridgehead atoms. The van der Waals surface area contributed by atoms with E-state index in [0.29, 0.717) is 31.6 Å². The van der Waals surface area contributed by atoms with Crippen LogP contribution in [0.15, 0.2) is 24.3 Å². The quantitative estimate of drug-likeness (QED) is 0.350. The zero-order valence-electron chi connectivity index (χ0n) is 13.6. The molecule has 1 aromatic carbocycles. The Hall–Kier alpha value is -1.84. The summed E-state index contributed by atoms with van der Waals surface area (Å²) >= 11 is 0. The van der Waals surface area contributed by atoms with Crippen LogP contribution < -0.4 is 4.74 Å². The normalized spacial score (nSPS) is 10.3. The minimum Gasteiger partial charge on any atom is -0.494 e. The predicted octanol–water partition coefficient (Wildman–Crippen LogP) is 4.17. The lowest BCUT2D eigenvalue weighted by molar-refractivity contribution is -0.143. The van der Waals surface area contributed by atoms with Gasteiger partial charge >= 0.3 is 5.97 Å². The Morgan fingerprint density at radius 1 is 0.955 bits per heavy atom. The average Bonchev–Trinajstić information content (AvgIpc) is 2.53. The van der Waals surface area contributed by atoms with E-state index in [2.05, 4.69) is 6.92 Å². The highest BCUT2D eigenvalue weighted by atomic mass is 16.5. The molecule has 122 valence electrons. The maximum atomic E-state index is 12.0. The van der Waals surface area contributed by atoms with E-state index in [4.69, 9.17) is 9.47 Å². The van der Waals surface area contributed by atoms with Crippen LogP contribution in [-0.4, -0.2) is 25.0 Å². The summed E-state index contributed by atoms with van der Waals surface area (Å²) in [5.41, 5.74) is 0.717. The summed E-state index contributed by atoms with van der Waals surface area (Å²) in [5.74, 6) is 0.780. The summed E-state index contributed by atoms with van der Waals surface area (Å²) in [4.78, 5) is 23.2. The Balaban J connectivity index is 2.23. The van der Waals surface area contributed by atoms with Crippen molar-refractivity contribution >= 4 is 11.8 Å². The highest BCUT2D eigenvalue weighted by Gasteiger charge is 2.07. The van der Waals surface area contributed by atoms with Crippen LogP contribution in [0.3, 0.4) is 0 Å². The number of hydrogen-bond donors (Lipinski definition) is 0. The van der Waals surface area contributed by atoms with Gasteiger partial charge < -0.3 is 9.47 Å². The molecule has 0 unspecified atom stereocenters. The monoisotopic (exact) mass is 306 g/mol. The van der Waals surface area contributed by atoms with Crippen molar-refractivity contribution in [3.05, 3.63) is 29.8 Å². The van der Waals surface area contributed by atoms with Gasteiger partial charge in [-0.05, 0) is 50.5 Å². The molecular weight excluding hydrogens is 280 g/mol. The van der Waals surface area contributed by atoms with Gasteiger partial charge in [-0.25, -0.2) is 0 Å². The summed E-state index contributed by atoms with van der Waals surface area (Å²) in [7, 11) is 0. The molecule has 0 aliphatic heterocycles. The van der Waals surface area contributed by atoms with E-state index in [1.54, 1.807) is 6.92 Å². The molecule has 0 radical (unpaired) electrons. The first-order valence-electron chi connectivity index (χ1n) is 8.09. The lowest BCUT2D eigenvalue weighted by Crippen LogP contribution is -2.03. The molecule has 0 aliphatic rings. The van der Waals surface area contributed by atoms with Gasteiger partial charge in [-0.15, -0.1) is 0 Å². The predicted molar refractivity (Wildman–Crippen MR) is 86.3 cm³/mol. The highest BCUT2D eigenvalue weighted by Crippen LogP contribution is 2.15. The van der Waals surface area contributed by atoms with Crippen molar-refractivity contribution in [2.45, 2.75) is 52.4 Å². The van der Waals surface area contributed by atoms with Gasteiger partial charge in [-0.1, -0.05) is 13.3 Å². The largest absolute Gasteiger partial charge is 0.494 e. The molecule has 0 heterocycles. The number of carbonyl (C=O) groups excluding carboxylic acids is 2. The van der Waals surface area contributed by atoms with Gasteiger partial charge in [-0.2, -0.15) is 0 Å². The topological polar surface area (TPSA) is 52.6 Å².